The normalized spacial score (nSPS) is 20.3. The molecule has 6 heteroatoms. The van der Waals surface area contributed by atoms with E-state index in [2.05, 4.69) is 5.32 Å². The second kappa shape index (κ2) is 8.64. The van der Waals surface area contributed by atoms with Gasteiger partial charge in [0.15, 0.2) is 5.54 Å². The number of amides is 1. The van der Waals surface area contributed by atoms with Gasteiger partial charge in [-0.3, -0.25) is 4.79 Å². The molecule has 0 bridgehead atoms. The number of aliphatic carboxylic acids is 1. The van der Waals surface area contributed by atoms with E-state index in [1.54, 1.807) is 0 Å². The third kappa shape index (κ3) is 5.33. The lowest BCUT2D eigenvalue weighted by Crippen LogP contribution is -2.55. The number of carbonyl (C=O) groups is 2. The monoisotopic (exact) mass is 321 g/mol. The Labute approximate surface area is 135 Å². The van der Waals surface area contributed by atoms with Crippen LogP contribution in [0.3, 0.4) is 0 Å². The summed E-state index contributed by atoms with van der Waals surface area (Å²) in [5, 5.41) is 11.8. The number of hydrogen-bond donors (Lipinski definition) is 2. The summed E-state index contributed by atoms with van der Waals surface area (Å²) in [5.41, 5.74) is -0.0412. The topological polar surface area (TPSA) is 84.9 Å². The first kappa shape index (κ1) is 17.4. The van der Waals surface area contributed by atoms with Crippen molar-refractivity contribution < 1.29 is 24.2 Å². The van der Waals surface area contributed by atoms with Gasteiger partial charge in [0.2, 0.25) is 5.91 Å². The van der Waals surface area contributed by atoms with E-state index in [-0.39, 0.29) is 18.9 Å². The first-order valence-electron chi connectivity index (χ1n) is 7.86. The molecule has 0 spiro atoms. The van der Waals surface area contributed by atoms with Crippen LogP contribution in [0, 0.1) is 0 Å². The maximum Gasteiger partial charge on any atom is 0.331 e. The zero-order chi connectivity index (χ0) is 16.5. The lowest BCUT2D eigenvalue weighted by Gasteiger charge is -2.23. The summed E-state index contributed by atoms with van der Waals surface area (Å²) in [5.74, 6) is -1.31. The van der Waals surface area contributed by atoms with Gasteiger partial charge in [0, 0.05) is 26.1 Å². The lowest BCUT2D eigenvalue weighted by molar-refractivity contribution is -0.147. The molecule has 0 saturated carbocycles. The van der Waals surface area contributed by atoms with Crippen LogP contribution in [-0.2, 0) is 25.5 Å². The summed E-state index contributed by atoms with van der Waals surface area (Å²) in [6.07, 6.45) is 1.96. The summed E-state index contributed by atoms with van der Waals surface area (Å²) >= 11 is 0. The molecule has 0 radical (unpaired) electrons. The molecule has 0 aliphatic carbocycles. The maximum absolute atomic E-state index is 11.9. The number of carboxylic acids is 1. The van der Waals surface area contributed by atoms with Crippen LogP contribution in [-0.4, -0.2) is 48.9 Å². The summed E-state index contributed by atoms with van der Waals surface area (Å²) in [6, 6.07) is 10.1. The quantitative estimate of drug-likeness (QED) is 0.671. The molecule has 1 aliphatic heterocycles. The molecule has 6 nitrogen and oxygen atoms in total. The molecule has 126 valence electrons. The van der Waals surface area contributed by atoms with E-state index in [0.717, 1.165) is 6.42 Å². The fraction of sp³-hybridized carbons (Fsp3) is 0.529. The van der Waals surface area contributed by atoms with E-state index in [1.807, 2.05) is 30.3 Å². The van der Waals surface area contributed by atoms with E-state index in [0.29, 0.717) is 32.7 Å². The zero-order valence-electron chi connectivity index (χ0n) is 13.1. The molecular weight excluding hydrogens is 298 g/mol. The predicted molar refractivity (Wildman–Crippen MR) is 84.1 cm³/mol. The third-order valence-corrected chi connectivity index (χ3v) is 3.88. The number of nitrogens with one attached hydrogen (secondary N) is 1. The van der Waals surface area contributed by atoms with Crippen molar-refractivity contribution in [3.05, 3.63) is 35.9 Å². The Hall–Kier alpha value is -1.92. The minimum absolute atomic E-state index is 0.0294. The molecule has 1 aliphatic rings. The second-order valence-corrected chi connectivity index (χ2v) is 5.69. The number of benzene rings is 1. The summed E-state index contributed by atoms with van der Waals surface area (Å²) in [4.78, 5) is 23.2. The number of carbonyl (C=O) groups excluding carboxylic acids is 1. The molecule has 1 amide bonds. The molecule has 1 fully saturated rings. The minimum atomic E-state index is -1.26. The van der Waals surface area contributed by atoms with Gasteiger partial charge in [-0.1, -0.05) is 30.3 Å². The molecule has 1 aromatic carbocycles. The van der Waals surface area contributed by atoms with Gasteiger partial charge in [0.05, 0.1) is 13.2 Å². The Morgan fingerprint density at radius 1 is 1.26 bits per heavy atom. The number of carboxylic acid groups (broad SMARTS) is 1. The van der Waals surface area contributed by atoms with Crippen molar-refractivity contribution in [1.82, 2.24) is 5.32 Å². The van der Waals surface area contributed by atoms with E-state index in [4.69, 9.17) is 9.47 Å². The summed E-state index contributed by atoms with van der Waals surface area (Å²) < 4.78 is 10.6. The highest BCUT2D eigenvalue weighted by Crippen LogP contribution is 2.19. The molecule has 1 saturated heterocycles. The number of rotatable bonds is 9. The predicted octanol–water partition coefficient (Wildman–Crippen LogP) is 1.39. The van der Waals surface area contributed by atoms with Gasteiger partial charge in [-0.2, -0.15) is 0 Å². The molecule has 23 heavy (non-hydrogen) atoms. The molecule has 1 aromatic rings. The number of hydrogen-bond acceptors (Lipinski definition) is 4. The smallest absolute Gasteiger partial charge is 0.331 e. The molecule has 0 aromatic heterocycles. The van der Waals surface area contributed by atoms with Crippen molar-refractivity contribution >= 4 is 11.9 Å². The van der Waals surface area contributed by atoms with Crippen LogP contribution < -0.4 is 5.32 Å². The van der Waals surface area contributed by atoms with Crippen molar-refractivity contribution in [1.29, 1.82) is 0 Å². The lowest BCUT2D eigenvalue weighted by atomic mass is 9.99. The van der Waals surface area contributed by atoms with Crippen LogP contribution in [0.2, 0.25) is 0 Å². The van der Waals surface area contributed by atoms with E-state index < -0.39 is 11.5 Å². The van der Waals surface area contributed by atoms with Gasteiger partial charge in [0.25, 0.3) is 0 Å². The number of ether oxygens (including phenoxy) is 2. The van der Waals surface area contributed by atoms with E-state index >= 15 is 0 Å². The largest absolute Gasteiger partial charge is 0.479 e. The van der Waals surface area contributed by atoms with Crippen LogP contribution >= 0.6 is 0 Å². The van der Waals surface area contributed by atoms with E-state index in [1.165, 1.54) is 5.56 Å². The minimum Gasteiger partial charge on any atom is -0.479 e. The van der Waals surface area contributed by atoms with Crippen molar-refractivity contribution in [2.75, 3.05) is 26.4 Å². The fourth-order valence-corrected chi connectivity index (χ4v) is 2.49. The van der Waals surface area contributed by atoms with Crippen LogP contribution in [0.4, 0.5) is 0 Å². The molecular formula is C17H23NO5. The van der Waals surface area contributed by atoms with Gasteiger partial charge in [-0.25, -0.2) is 4.79 Å². The Bertz CT molecular complexity index is 511. The molecule has 1 unspecified atom stereocenters. The van der Waals surface area contributed by atoms with Gasteiger partial charge in [0.1, 0.15) is 0 Å². The average molecular weight is 321 g/mol. The van der Waals surface area contributed by atoms with Crippen LogP contribution in [0.5, 0.6) is 0 Å². The second-order valence-electron chi connectivity index (χ2n) is 5.69. The Balaban J connectivity index is 1.59. The van der Waals surface area contributed by atoms with Crippen molar-refractivity contribution in [2.45, 2.75) is 31.2 Å². The fourth-order valence-electron chi connectivity index (χ4n) is 2.49. The van der Waals surface area contributed by atoms with Gasteiger partial charge in [-0.15, -0.1) is 0 Å². The molecule has 1 atom stereocenters. The summed E-state index contributed by atoms with van der Waals surface area (Å²) in [6.45, 7) is 1.48. The molecule has 2 N–H and O–H groups in total. The van der Waals surface area contributed by atoms with Crippen LogP contribution in [0.1, 0.15) is 24.8 Å². The van der Waals surface area contributed by atoms with Gasteiger partial charge in [-0.05, 0) is 18.4 Å². The van der Waals surface area contributed by atoms with Crippen molar-refractivity contribution in [2.24, 2.45) is 0 Å². The SMILES string of the molecule is O=C(CCCOCCc1ccccc1)NC1(C(=O)O)CCOC1. The maximum atomic E-state index is 11.9. The highest BCUT2D eigenvalue weighted by Gasteiger charge is 2.43. The highest BCUT2D eigenvalue weighted by molar-refractivity contribution is 5.87. The van der Waals surface area contributed by atoms with Crippen LogP contribution in [0.15, 0.2) is 30.3 Å². The van der Waals surface area contributed by atoms with Gasteiger partial charge >= 0.3 is 5.97 Å². The standard InChI is InChI=1S/C17H23NO5/c19-15(18-17(16(20)21)9-12-23-13-17)7-4-10-22-11-8-14-5-2-1-3-6-14/h1-3,5-6H,4,7-13H2,(H,18,19)(H,20,21). The van der Waals surface area contributed by atoms with Crippen molar-refractivity contribution in [3.8, 4) is 0 Å². The highest BCUT2D eigenvalue weighted by atomic mass is 16.5. The Morgan fingerprint density at radius 2 is 2.04 bits per heavy atom. The van der Waals surface area contributed by atoms with Crippen molar-refractivity contribution in [3.63, 3.8) is 0 Å². The zero-order valence-corrected chi connectivity index (χ0v) is 13.1. The Morgan fingerprint density at radius 3 is 2.70 bits per heavy atom. The van der Waals surface area contributed by atoms with E-state index in [9.17, 15) is 14.7 Å². The molecule has 1 heterocycles. The summed E-state index contributed by atoms with van der Waals surface area (Å²) in [7, 11) is 0. The molecule has 2 rings (SSSR count). The first-order chi connectivity index (χ1) is 11.1. The van der Waals surface area contributed by atoms with Crippen LogP contribution in [0.25, 0.3) is 0 Å². The Kier molecular flexibility index (Phi) is 6.55. The van der Waals surface area contributed by atoms with Gasteiger partial charge < -0.3 is 19.9 Å². The first-order valence-corrected chi connectivity index (χ1v) is 7.86. The third-order valence-electron chi connectivity index (χ3n) is 3.88. The average Bonchev–Trinajstić information content (AvgIpc) is 3.01.